The largest absolute Gasteiger partial charge is 0.313 e. The Morgan fingerprint density at radius 1 is 0.952 bits per heavy atom. The van der Waals surface area contributed by atoms with Gasteiger partial charge in [-0.05, 0) is 52.8 Å². The van der Waals surface area contributed by atoms with Crippen LogP contribution in [-0.4, -0.2) is 6.54 Å². The molecule has 1 N–H and O–H groups in total. The minimum Gasteiger partial charge on any atom is -0.313 e. The number of benzene rings is 2. The van der Waals surface area contributed by atoms with Gasteiger partial charge < -0.3 is 5.32 Å². The molecule has 2 aromatic carbocycles. The van der Waals surface area contributed by atoms with Gasteiger partial charge in [-0.1, -0.05) is 64.1 Å². The topological polar surface area (TPSA) is 12.0 Å². The fourth-order valence-corrected chi connectivity index (χ4v) is 2.51. The van der Waals surface area contributed by atoms with E-state index in [2.05, 4.69) is 82.4 Å². The van der Waals surface area contributed by atoms with E-state index in [9.17, 15) is 0 Å². The molecule has 0 fully saturated rings. The van der Waals surface area contributed by atoms with Crippen molar-refractivity contribution in [2.24, 2.45) is 0 Å². The highest BCUT2D eigenvalue weighted by molar-refractivity contribution is 5.68. The first kappa shape index (κ1) is 15.8. The van der Waals surface area contributed by atoms with E-state index in [-0.39, 0.29) is 5.41 Å². The maximum absolute atomic E-state index is 3.39. The zero-order valence-corrected chi connectivity index (χ0v) is 14.0. The smallest absolute Gasteiger partial charge is 0.0205 e. The molecule has 0 radical (unpaired) electrons. The van der Waals surface area contributed by atoms with Crippen molar-refractivity contribution in [3.8, 4) is 11.1 Å². The lowest BCUT2D eigenvalue weighted by Crippen LogP contribution is -2.11. The SMILES string of the molecule is CCNCc1ccc(C)c(-c2ccc(C(C)(C)C)cc2)c1. The van der Waals surface area contributed by atoms with Crippen molar-refractivity contribution in [2.45, 2.75) is 46.6 Å². The van der Waals surface area contributed by atoms with Gasteiger partial charge in [0.1, 0.15) is 0 Å². The van der Waals surface area contributed by atoms with Gasteiger partial charge in [0.05, 0.1) is 0 Å². The first-order valence-electron chi connectivity index (χ1n) is 7.83. The van der Waals surface area contributed by atoms with Gasteiger partial charge in [-0.25, -0.2) is 0 Å². The van der Waals surface area contributed by atoms with Gasteiger partial charge in [0.2, 0.25) is 0 Å². The lowest BCUT2D eigenvalue weighted by molar-refractivity contribution is 0.590. The van der Waals surface area contributed by atoms with Crippen LogP contribution in [0.5, 0.6) is 0 Å². The van der Waals surface area contributed by atoms with Gasteiger partial charge in [0.25, 0.3) is 0 Å². The van der Waals surface area contributed by atoms with Gasteiger partial charge in [-0.3, -0.25) is 0 Å². The number of aryl methyl sites for hydroxylation is 1. The Bertz CT molecular complexity index is 588. The van der Waals surface area contributed by atoms with E-state index >= 15 is 0 Å². The summed E-state index contributed by atoms with van der Waals surface area (Å²) in [5.41, 5.74) is 6.91. The highest BCUT2D eigenvalue weighted by atomic mass is 14.8. The van der Waals surface area contributed by atoms with Gasteiger partial charge in [0.15, 0.2) is 0 Å². The molecule has 0 aromatic heterocycles. The molecule has 0 unspecified atom stereocenters. The van der Waals surface area contributed by atoms with Crippen molar-refractivity contribution in [2.75, 3.05) is 6.54 Å². The average molecular weight is 281 g/mol. The van der Waals surface area contributed by atoms with Crippen LogP contribution in [0.2, 0.25) is 0 Å². The maximum atomic E-state index is 3.39. The Kier molecular flexibility index (Phi) is 4.84. The lowest BCUT2D eigenvalue weighted by atomic mass is 9.86. The van der Waals surface area contributed by atoms with Crippen LogP contribution in [-0.2, 0) is 12.0 Å². The summed E-state index contributed by atoms with van der Waals surface area (Å²) in [5.74, 6) is 0. The van der Waals surface area contributed by atoms with Crippen molar-refractivity contribution >= 4 is 0 Å². The van der Waals surface area contributed by atoms with E-state index in [1.54, 1.807) is 0 Å². The summed E-state index contributed by atoms with van der Waals surface area (Å²) in [6.07, 6.45) is 0. The molecule has 0 amide bonds. The van der Waals surface area contributed by atoms with Gasteiger partial charge in [-0.15, -0.1) is 0 Å². The van der Waals surface area contributed by atoms with Crippen LogP contribution < -0.4 is 5.32 Å². The third-order valence-electron chi connectivity index (χ3n) is 3.94. The Balaban J connectivity index is 2.32. The average Bonchev–Trinajstić information content (AvgIpc) is 2.46. The molecule has 0 saturated heterocycles. The summed E-state index contributed by atoms with van der Waals surface area (Å²) in [4.78, 5) is 0. The Labute approximate surface area is 129 Å². The van der Waals surface area contributed by atoms with E-state index < -0.39 is 0 Å². The van der Waals surface area contributed by atoms with E-state index in [4.69, 9.17) is 0 Å². The third-order valence-corrected chi connectivity index (χ3v) is 3.94. The molecule has 0 bridgehead atoms. The first-order valence-corrected chi connectivity index (χ1v) is 7.83. The van der Waals surface area contributed by atoms with Crippen LogP contribution >= 0.6 is 0 Å². The van der Waals surface area contributed by atoms with Gasteiger partial charge >= 0.3 is 0 Å². The summed E-state index contributed by atoms with van der Waals surface area (Å²) in [5, 5.41) is 3.39. The van der Waals surface area contributed by atoms with Gasteiger partial charge in [-0.2, -0.15) is 0 Å². The van der Waals surface area contributed by atoms with Crippen LogP contribution in [0.3, 0.4) is 0 Å². The Hall–Kier alpha value is -1.60. The molecule has 0 spiro atoms. The highest BCUT2D eigenvalue weighted by Gasteiger charge is 2.13. The number of rotatable bonds is 4. The summed E-state index contributed by atoms with van der Waals surface area (Å²) in [6.45, 7) is 13.0. The summed E-state index contributed by atoms with van der Waals surface area (Å²) < 4.78 is 0. The van der Waals surface area contributed by atoms with Crippen molar-refractivity contribution < 1.29 is 0 Å². The van der Waals surface area contributed by atoms with Crippen LogP contribution in [0.25, 0.3) is 11.1 Å². The van der Waals surface area contributed by atoms with Gasteiger partial charge in [0, 0.05) is 6.54 Å². The normalized spacial score (nSPS) is 11.7. The molecule has 2 rings (SSSR count). The molecule has 0 atom stereocenters. The zero-order valence-electron chi connectivity index (χ0n) is 14.0. The molecule has 0 aliphatic rings. The van der Waals surface area contributed by atoms with Crippen LogP contribution in [0, 0.1) is 6.92 Å². The molecular formula is C20H27N. The molecule has 0 aliphatic carbocycles. The summed E-state index contributed by atoms with van der Waals surface area (Å²) in [7, 11) is 0. The van der Waals surface area contributed by atoms with E-state index in [0.29, 0.717) is 0 Å². The monoisotopic (exact) mass is 281 g/mol. The summed E-state index contributed by atoms with van der Waals surface area (Å²) in [6, 6.07) is 15.8. The minimum absolute atomic E-state index is 0.209. The van der Waals surface area contributed by atoms with Crippen molar-refractivity contribution in [3.05, 3.63) is 59.2 Å². The second-order valence-electron chi connectivity index (χ2n) is 6.76. The molecule has 2 aromatic rings. The number of hydrogen-bond donors (Lipinski definition) is 1. The number of nitrogens with one attached hydrogen (secondary N) is 1. The second kappa shape index (κ2) is 6.44. The quantitative estimate of drug-likeness (QED) is 0.825. The molecule has 0 heterocycles. The van der Waals surface area contributed by atoms with E-state index in [1.807, 2.05) is 0 Å². The standard InChI is InChI=1S/C20H27N/c1-6-21-14-16-8-7-15(2)19(13-16)17-9-11-18(12-10-17)20(3,4)5/h7-13,21H,6,14H2,1-5H3. The number of hydrogen-bond acceptors (Lipinski definition) is 1. The fourth-order valence-electron chi connectivity index (χ4n) is 2.51. The molecule has 21 heavy (non-hydrogen) atoms. The Morgan fingerprint density at radius 3 is 2.19 bits per heavy atom. The van der Waals surface area contributed by atoms with Crippen LogP contribution in [0.4, 0.5) is 0 Å². The molecule has 0 aliphatic heterocycles. The lowest BCUT2D eigenvalue weighted by Gasteiger charge is -2.19. The van der Waals surface area contributed by atoms with Crippen LogP contribution in [0.15, 0.2) is 42.5 Å². The molecule has 0 saturated carbocycles. The zero-order chi connectivity index (χ0) is 15.5. The highest BCUT2D eigenvalue weighted by Crippen LogP contribution is 2.28. The predicted molar refractivity (Wildman–Crippen MR) is 92.7 cm³/mol. The summed E-state index contributed by atoms with van der Waals surface area (Å²) >= 11 is 0. The van der Waals surface area contributed by atoms with E-state index in [1.165, 1.54) is 27.8 Å². The molecular weight excluding hydrogens is 254 g/mol. The van der Waals surface area contributed by atoms with Crippen molar-refractivity contribution in [1.29, 1.82) is 0 Å². The Morgan fingerprint density at radius 2 is 1.62 bits per heavy atom. The first-order chi connectivity index (χ1) is 9.91. The fraction of sp³-hybridized carbons (Fsp3) is 0.400. The molecule has 1 heteroatoms. The van der Waals surface area contributed by atoms with Crippen LogP contribution in [0.1, 0.15) is 44.4 Å². The maximum Gasteiger partial charge on any atom is 0.0205 e. The second-order valence-corrected chi connectivity index (χ2v) is 6.76. The molecule has 1 nitrogen and oxygen atoms in total. The predicted octanol–water partition coefficient (Wildman–Crippen LogP) is 5.07. The minimum atomic E-state index is 0.209. The van der Waals surface area contributed by atoms with Crippen molar-refractivity contribution in [1.82, 2.24) is 5.32 Å². The molecule has 112 valence electrons. The van der Waals surface area contributed by atoms with E-state index in [0.717, 1.165) is 13.1 Å². The third kappa shape index (κ3) is 3.95. The van der Waals surface area contributed by atoms with Crippen molar-refractivity contribution in [3.63, 3.8) is 0 Å².